The Hall–Kier alpha value is -0.640. The van der Waals surface area contributed by atoms with Gasteiger partial charge in [0.2, 0.25) is 0 Å². The summed E-state index contributed by atoms with van der Waals surface area (Å²) in [5.74, 6) is 3.64. The Balaban J connectivity index is 1.34. The second kappa shape index (κ2) is 6.68. The molecule has 3 heteroatoms. The minimum Gasteiger partial charge on any atom is -0.393 e. The largest absolute Gasteiger partial charge is 0.393 e. The van der Waals surface area contributed by atoms with Crippen molar-refractivity contribution < 1.29 is 9.84 Å². The standard InChI is InChI=1S/C27H41NO2/c1-15-11-24-25(28-14-15)17(3)27(30-24)10-8-20-21-6-5-18-12-19(29)7-9-26(18,4)23(21)13-22(20)16(27)2/h5,15,17,19-21,23-25,28-29H,6-14H2,1-4H3/t15-,17-,19+,20+,21-,23+,24-,25+,26-,27+/m0/s1. The second-order valence-corrected chi connectivity index (χ2v) is 12.2. The minimum atomic E-state index is -0.111. The molecule has 4 aliphatic carbocycles. The van der Waals surface area contributed by atoms with E-state index in [0.717, 1.165) is 43.1 Å². The summed E-state index contributed by atoms with van der Waals surface area (Å²) in [4.78, 5) is 0. The lowest BCUT2D eigenvalue weighted by atomic mass is 9.56. The molecule has 2 saturated carbocycles. The Morgan fingerprint density at radius 1 is 1.17 bits per heavy atom. The summed E-state index contributed by atoms with van der Waals surface area (Å²) < 4.78 is 7.03. The highest BCUT2D eigenvalue weighted by atomic mass is 16.5. The van der Waals surface area contributed by atoms with Gasteiger partial charge < -0.3 is 15.2 Å². The molecule has 2 aliphatic heterocycles. The molecule has 0 aromatic rings. The molecule has 0 amide bonds. The van der Waals surface area contributed by atoms with E-state index in [1.165, 1.54) is 38.5 Å². The van der Waals surface area contributed by atoms with Crippen LogP contribution in [0.15, 0.2) is 22.8 Å². The van der Waals surface area contributed by atoms with Crippen molar-refractivity contribution in [3.8, 4) is 0 Å². The zero-order chi connectivity index (χ0) is 20.8. The van der Waals surface area contributed by atoms with E-state index in [9.17, 15) is 5.11 Å². The highest BCUT2D eigenvalue weighted by Crippen LogP contribution is 2.65. The number of nitrogens with one attached hydrogen (secondary N) is 1. The third-order valence-corrected chi connectivity index (χ3v) is 10.9. The SMILES string of the molecule is CC1=C2C[C@@H]3[C@@H](CC=C4C[C@H](O)CC[C@@]43C)[C@H]2CC[C@@]12O[C@H]1C[C@H](C)CN[C@@H]1[C@@H]2C. The van der Waals surface area contributed by atoms with Crippen molar-refractivity contribution >= 4 is 0 Å². The zero-order valence-corrected chi connectivity index (χ0v) is 19.4. The van der Waals surface area contributed by atoms with Gasteiger partial charge in [-0.3, -0.25) is 0 Å². The lowest BCUT2D eigenvalue weighted by Crippen LogP contribution is -2.49. The first kappa shape index (κ1) is 20.0. The molecule has 3 nitrogen and oxygen atoms in total. The number of hydrogen-bond donors (Lipinski definition) is 2. The number of ether oxygens (including phenoxy) is 1. The molecule has 6 rings (SSSR count). The Labute approximate surface area is 182 Å². The van der Waals surface area contributed by atoms with Gasteiger partial charge in [-0.2, -0.15) is 0 Å². The van der Waals surface area contributed by atoms with Gasteiger partial charge >= 0.3 is 0 Å². The van der Waals surface area contributed by atoms with E-state index in [4.69, 9.17) is 4.74 Å². The molecule has 0 aromatic heterocycles. The fourth-order valence-electron chi connectivity index (χ4n) is 9.09. The fraction of sp³-hybridized carbons (Fsp3) is 0.852. The van der Waals surface area contributed by atoms with Crippen LogP contribution in [0.25, 0.3) is 0 Å². The molecule has 4 fully saturated rings. The molecule has 30 heavy (non-hydrogen) atoms. The number of hydrogen-bond acceptors (Lipinski definition) is 3. The van der Waals surface area contributed by atoms with Gasteiger partial charge in [0.1, 0.15) is 0 Å². The Morgan fingerprint density at radius 2 is 2.00 bits per heavy atom. The van der Waals surface area contributed by atoms with Crippen LogP contribution < -0.4 is 5.32 Å². The molecule has 0 bridgehead atoms. The predicted octanol–water partition coefficient (Wildman–Crippen LogP) is 5.00. The van der Waals surface area contributed by atoms with Crippen LogP contribution >= 0.6 is 0 Å². The quantitative estimate of drug-likeness (QED) is 0.551. The highest BCUT2D eigenvalue weighted by Gasteiger charge is 2.60. The predicted molar refractivity (Wildman–Crippen MR) is 120 cm³/mol. The van der Waals surface area contributed by atoms with Gasteiger partial charge in [0.15, 0.2) is 0 Å². The first-order valence-electron chi connectivity index (χ1n) is 12.8. The maximum Gasteiger partial charge on any atom is 0.0937 e. The van der Waals surface area contributed by atoms with Crippen LogP contribution in [-0.2, 0) is 4.74 Å². The molecule has 1 spiro atoms. The average molecular weight is 412 g/mol. The summed E-state index contributed by atoms with van der Waals surface area (Å²) in [7, 11) is 0. The van der Waals surface area contributed by atoms with E-state index in [2.05, 4.69) is 39.1 Å². The summed E-state index contributed by atoms with van der Waals surface area (Å²) in [5.41, 5.74) is 5.25. The molecular weight excluding hydrogens is 370 g/mol. The highest BCUT2D eigenvalue weighted by molar-refractivity contribution is 5.38. The molecule has 0 aromatic carbocycles. The summed E-state index contributed by atoms with van der Waals surface area (Å²) >= 11 is 0. The molecule has 6 aliphatic rings. The van der Waals surface area contributed by atoms with Crippen molar-refractivity contribution in [2.24, 2.45) is 35.0 Å². The van der Waals surface area contributed by atoms with Gasteiger partial charge in [-0.15, -0.1) is 0 Å². The number of allylic oxidation sites excluding steroid dienone is 2. The van der Waals surface area contributed by atoms with Gasteiger partial charge in [-0.25, -0.2) is 0 Å². The molecule has 10 atom stereocenters. The first-order valence-corrected chi connectivity index (χ1v) is 12.8. The van der Waals surface area contributed by atoms with Crippen LogP contribution in [0.3, 0.4) is 0 Å². The summed E-state index contributed by atoms with van der Waals surface area (Å²) in [6.45, 7) is 10.9. The third-order valence-electron chi connectivity index (χ3n) is 10.9. The zero-order valence-electron chi connectivity index (χ0n) is 19.4. The second-order valence-electron chi connectivity index (χ2n) is 12.2. The molecular formula is C27H41NO2. The summed E-state index contributed by atoms with van der Waals surface area (Å²) in [6, 6.07) is 0.530. The van der Waals surface area contributed by atoms with Gasteiger partial charge in [0.25, 0.3) is 0 Å². The van der Waals surface area contributed by atoms with Crippen LogP contribution in [0, 0.1) is 35.0 Å². The molecule has 0 radical (unpaired) electrons. The monoisotopic (exact) mass is 411 g/mol. The maximum atomic E-state index is 10.3. The Morgan fingerprint density at radius 3 is 2.83 bits per heavy atom. The molecule has 2 N–H and O–H groups in total. The van der Waals surface area contributed by atoms with Gasteiger partial charge in [0, 0.05) is 12.0 Å². The number of fused-ring (bicyclic) bond motifs is 6. The van der Waals surface area contributed by atoms with Crippen LogP contribution in [0.5, 0.6) is 0 Å². The number of aliphatic hydroxyl groups excluding tert-OH is 1. The Bertz CT molecular complexity index is 801. The maximum absolute atomic E-state index is 10.3. The van der Waals surface area contributed by atoms with E-state index in [1.54, 1.807) is 16.7 Å². The number of aliphatic hydroxyl groups is 1. The van der Waals surface area contributed by atoms with Crippen LogP contribution in [0.2, 0.25) is 0 Å². The lowest BCUT2D eigenvalue weighted by molar-refractivity contribution is -0.0549. The Kier molecular flexibility index (Phi) is 4.46. The third kappa shape index (κ3) is 2.55. The van der Waals surface area contributed by atoms with E-state index < -0.39 is 0 Å². The van der Waals surface area contributed by atoms with Gasteiger partial charge in [0.05, 0.1) is 17.8 Å². The van der Waals surface area contributed by atoms with Gasteiger partial charge in [-0.05, 0) is 99.5 Å². The van der Waals surface area contributed by atoms with Crippen molar-refractivity contribution in [1.82, 2.24) is 5.32 Å². The lowest BCUT2D eigenvalue weighted by Gasteiger charge is -2.49. The average Bonchev–Trinajstić information content (AvgIpc) is 3.23. The van der Waals surface area contributed by atoms with Crippen LogP contribution in [0.1, 0.15) is 79.1 Å². The van der Waals surface area contributed by atoms with Crippen LogP contribution in [-0.4, -0.2) is 35.5 Å². The molecule has 166 valence electrons. The summed E-state index contributed by atoms with van der Waals surface area (Å²) in [5, 5.41) is 14.1. The van der Waals surface area contributed by atoms with E-state index in [-0.39, 0.29) is 11.7 Å². The van der Waals surface area contributed by atoms with Crippen molar-refractivity contribution in [2.75, 3.05) is 6.54 Å². The van der Waals surface area contributed by atoms with Crippen LogP contribution in [0.4, 0.5) is 0 Å². The smallest absolute Gasteiger partial charge is 0.0937 e. The molecule has 2 saturated heterocycles. The van der Waals surface area contributed by atoms with E-state index >= 15 is 0 Å². The summed E-state index contributed by atoms with van der Waals surface area (Å²) in [6.07, 6.45) is 12.2. The first-order chi connectivity index (χ1) is 14.3. The number of rotatable bonds is 0. The molecule has 2 heterocycles. The fourth-order valence-corrected chi connectivity index (χ4v) is 9.09. The van der Waals surface area contributed by atoms with E-state index in [1.807, 2.05) is 0 Å². The minimum absolute atomic E-state index is 0.0222. The van der Waals surface area contributed by atoms with Crippen molar-refractivity contribution in [2.45, 2.75) is 103 Å². The normalized spacial score (nSPS) is 55.0. The molecule has 0 unspecified atom stereocenters. The number of piperidine rings is 1. The topological polar surface area (TPSA) is 41.5 Å². The van der Waals surface area contributed by atoms with Crippen molar-refractivity contribution in [1.29, 1.82) is 0 Å². The van der Waals surface area contributed by atoms with E-state index in [0.29, 0.717) is 23.5 Å². The van der Waals surface area contributed by atoms with Gasteiger partial charge in [-0.1, -0.05) is 38.0 Å². The van der Waals surface area contributed by atoms with Crippen molar-refractivity contribution in [3.63, 3.8) is 0 Å². The van der Waals surface area contributed by atoms with Crippen molar-refractivity contribution in [3.05, 3.63) is 22.8 Å².